The fraction of sp³-hybridized carbons (Fsp3) is 0.360. The van der Waals surface area contributed by atoms with Crippen LogP contribution in [0.5, 0.6) is 5.75 Å². The predicted octanol–water partition coefficient (Wildman–Crippen LogP) is 5.16. The number of carbonyl (C=O) groups is 2. The highest BCUT2D eigenvalue weighted by Gasteiger charge is 2.28. The fourth-order valence-corrected chi connectivity index (χ4v) is 3.19. The van der Waals surface area contributed by atoms with Crippen molar-refractivity contribution in [3.63, 3.8) is 0 Å². The van der Waals surface area contributed by atoms with Crippen LogP contribution in [0, 0.1) is 17.6 Å². The Morgan fingerprint density at radius 3 is 2.35 bits per heavy atom. The molecule has 0 aliphatic heterocycles. The van der Waals surface area contributed by atoms with Gasteiger partial charge in [0.05, 0.1) is 18.9 Å². The third-order valence-corrected chi connectivity index (χ3v) is 5.28. The summed E-state index contributed by atoms with van der Waals surface area (Å²) < 4.78 is 43.2. The molecule has 0 aromatic heterocycles. The van der Waals surface area contributed by atoms with Gasteiger partial charge in [0.2, 0.25) is 0 Å². The fourth-order valence-electron chi connectivity index (χ4n) is 3.19. The number of benzene rings is 2. The summed E-state index contributed by atoms with van der Waals surface area (Å²) in [5.74, 6) is -2.14. The van der Waals surface area contributed by atoms with Crippen molar-refractivity contribution in [1.82, 2.24) is 0 Å². The average Bonchev–Trinajstić information content (AvgIpc) is 2.82. The molecule has 7 nitrogen and oxygen atoms in total. The van der Waals surface area contributed by atoms with E-state index in [-0.39, 0.29) is 25.5 Å². The Kier molecular flexibility index (Phi) is 10.0. The van der Waals surface area contributed by atoms with E-state index in [0.29, 0.717) is 28.5 Å². The number of esters is 1. The normalized spacial score (nSPS) is 13.4. The third kappa shape index (κ3) is 7.28. The van der Waals surface area contributed by atoms with Crippen LogP contribution >= 0.6 is 0 Å². The Morgan fingerprint density at radius 2 is 1.76 bits per heavy atom. The maximum atomic E-state index is 14.0. The quantitative estimate of drug-likeness (QED) is 0.363. The first kappa shape index (κ1) is 26.8. The minimum absolute atomic E-state index is 0.127. The number of ether oxygens (including phenoxy) is 3. The molecule has 0 bridgehead atoms. The van der Waals surface area contributed by atoms with Crippen molar-refractivity contribution in [3.05, 3.63) is 70.8 Å². The predicted molar refractivity (Wildman–Crippen MR) is 122 cm³/mol. The molecule has 2 atom stereocenters. The third-order valence-electron chi connectivity index (χ3n) is 5.28. The van der Waals surface area contributed by atoms with E-state index in [4.69, 9.17) is 19.3 Å². The second kappa shape index (κ2) is 12.7. The van der Waals surface area contributed by atoms with E-state index >= 15 is 0 Å². The summed E-state index contributed by atoms with van der Waals surface area (Å²) in [4.78, 5) is 24.8. The molecule has 2 rings (SSSR count). The molecule has 34 heavy (non-hydrogen) atoms. The zero-order valence-corrected chi connectivity index (χ0v) is 19.6. The second-order valence-corrected chi connectivity index (χ2v) is 7.53. The van der Waals surface area contributed by atoms with Gasteiger partial charge >= 0.3 is 12.1 Å². The van der Waals surface area contributed by atoms with Crippen LogP contribution in [0.15, 0.2) is 53.6 Å². The van der Waals surface area contributed by atoms with Gasteiger partial charge in [-0.2, -0.15) is 0 Å². The molecule has 0 radical (unpaired) electrons. The van der Waals surface area contributed by atoms with Gasteiger partial charge in [-0.3, -0.25) is 5.32 Å². The van der Waals surface area contributed by atoms with Crippen LogP contribution in [0.25, 0.3) is 0 Å². The highest BCUT2D eigenvalue weighted by molar-refractivity contribution is 5.88. The standard InChI is InChI=1S/C25H29F2NO6/c1-5-32-24(30)17(4)15(2)16(3)23(18-6-9-20(10-7-18)33-13-12-29)34-25(31)28-22-11-8-19(26)14-21(22)27/h6-11,14,16,23,29H,5,12-13H2,1-4H3,(H,28,31)/b17-15+/t16-,23-/m1/s1. The maximum absolute atomic E-state index is 14.0. The van der Waals surface area contributed by atoms with Gasteiger partial charge < -0.3 is 19.3 Å². The molecule has 0 saturated carbocycles. The van der Waals surface area contributed by atoms with Crippen molar-refractivity contribution in [2.24, 2.45) is 5.92 Å². The highest BCUT2D eigenvalue weighted by atomic mass is 19.1. The Morgan fingerprint density at radius 1 is 1.09 bits per heavy atom. The van der Waals surface area contributed by atoms with E-state index < -0.39 is 35.7 Å². The molecule has 0 heterocycles. The minimum Gasteiger partial charge on any atom is -0.491 e. The lowest BCUT2D eigenvalue weighted by molar-refractivity contribution is -0.138. The number of carbonyl (C=O) groups excluding carboxylic acids is 2. The van der Waals surface area contributed by atoms with E-state index in [1.807, 2.05) is 0 Å². The molecule has 0 unspecified atom stereocenters. The van der Waals surface area contributed by atoms with Gasteiger partial charge in [-0.25, -0.2) is 18.4 Å². The van der Waals surface area contributed by atoms with Crippen LogP contribution in [0.1, 0.15) is 39.4 Å². The summed E-state index contributed by atoms with van der Waals surface area (Å²) in [7, 11) is 0. The molecule has 0 fully saturated rings. The van der Waals surface area contributed by atoms with Gasteiger partial charge in [0.15, 0.2) is 0 Å². The summed E-state index contributed by atoms with van der Waals surface area (Å²) in [5, 5.41) is 11.2. The summed E-state index contributed by atoms with van der Waals surface area (Å²) in [6.45, 7) is 7.06. The van der Waals surface area contributed by atoms with E-state index in [0.717, 1.165) is 12.1 Å². The Labute approximate surface area is 197 Å². The largest absolute Gasteiger partial charge is 0.491 e. The van der Waals surface area contributed by atoms with Crippen LogP contribution in [0.2, 0.25) is 0 Å². The number of aliphatic hydroxyl groups is 1. The van der Waals surface area contributed by atoms with Gasteiger partial charge in [0.1, 0.15) is 30.1 Å². The number of anilines is 1. The van der Waals surface area contributed by atoms with Crippen molar-refractivity contribution < 1.29 is 37.7 Å². The molecule has 2 N–H and O–H groups in total. The van der Waals surface area contributed by atoms with E-state index in [9.17, 15) is 18.4 Å². The SMILES string of the molecule is CCOC(=O)/C(C)=C(\C)[C@@H](C)[C@@H](OC(=O)Nc1ccc(F)cc1F)c1ccc(OCCO)cc1. The first-order valence-corrected chi connectivity index (χ1v) is 10.8. The number of hydrogen-bond acceptors (Lipinski definition) is 6. The van der Waals surface area contributed by atoms with Gasteiger partial charge in [-0.05, 0) is 50.6 Å². The van der Waals surface area contributed by atoms with Crippen molar-refractivity contribution >= 4 is 17.7 Å². The van der Waals surface area contributed by atoms with Crippen LogP contribution in [-0.4, -0.2) is 37.0 Å². The highest BCUT2D eigenvalue weighted by Crippen LogP contribution is 2.34. The lowest BCUT2D eigenvalue weighted by Gasteiger charge is -2.26. The van der Waals surface area contributed by atoms with E-state index in [1.165, 1.54) is 0 Å². The molecule has 184 valence electrons. The molecule has 9 heteroatoms. The molecule has 1 amide bonds. The van der Waals surface area contributed by atoms with Crippen LogP contribution in [0.4, 0.5) is 19.3 Å². The van der Waals surface area contributed by atoms with Crippen molar-refractivity contribution in [3.8, 4) is 5.75 Å². The molecular formula is C25H29F2NO6. The number of hydrogen-bond donors (Lipinski definition) is 2. The first-order valence-electron chi connectivity index (χ1n) is 10.8. The molecule has 0 saturated heterocycles. The minimum atomic E-state index is -0.954. The summed E-state index contributed by atoms with van der Waals surface area (Å²) in [5.41, 5.74) is 1.38. The van der Waals surface area contributed by atoms with Gasteiger partial charge in [-0.15, -0.1) is 0 Å². The topological polar surface area (TPSA) is 94.1 Å². The van der Waals surface area contributed by atoms with Crippen molar-refractivity contribution in [2.45, 2.75) is 33.8 Å². The maximum Gasteiger partial charge on any atom is 0.412 e. The zero-order valence-electron chi connectivity index (χ0n) is 19.6. The molecule has 0 aliphatic carbocycles. The number of rotatable bonds is 10. The van der Waals surface area contributed by atoms with E-state index in [1.54, 1.807) is 52.0 Å². The van der Waals surface area contributed by atoms with E-state index in [2.05, 4.69) is 5.32 Å². The number of halogens is 2. The summed E-state index contributed by atoms with van der Waals surface area (Å²) >= 11 is 0. The lowest BCUT2D eigenvalue weighted by atomic mass is 9.88. The van der Waals surface area contributed by atoms with Crippen molar-refractivity contribution in [2.75, 3.05) is 25.1 Å². The molecular weight excluding hydrogens is 448 g/mol. The second-order valence-electron chi connectivity index (χ2n) is 7.53. The smallest absolute Gasteiger partial charge is 0.412 e. The molecule has 2 aromatic carbocycles. The molecule has 2 aromatic rings. The van der Waals surface area contributed by atoms with Crippen LogP contribution < -0.4 is 10.1 Å². The van der Waals surface area contributed by atoms with Crippen LogP contribution in [0.3, 0.4) is 0 Å². The Bertz CT molecular complexity index is 1020. The number of amides is 1. The van der Waals surface area contributed by atoms with Gasteiger partial charge in [-0.1, -0.05) is 24.6 Å². The van der Waals surface area contributed by atoms with Gasteiger partial charge in [0.25, 0.3) is 0 Å². The number of nitrogens with one attached hydrogen (secondary N) is 1. The van der Waals surface area contributed by atoms with Crippen molar-refractivity contribution in [1.29, 1.82) is 0 Å². The number of aliphatic hydroxyl groups excluding tert-OH is 1. The Hall–Kier alpha value is -3.46. The zero-order chi connectivity index (χ0) is 25.3. The van der Waals surface area contributed by atoms with Gasteiger partial charge in [0, 0.05) is 17.6 Å². The monoisotopic (exact) mass is 477 g/mol. The Balaban J connectivity index is 2.33. The molecule has 0 spiro atoms. The summed E-state index contributed by atoms with van der Waals surface area (Å²) in [6, 6.07) is 9.44. The molecule has 0 aliphatic rings. The van der Waals surface area contributed by atoms with Crippen LogP contribution in [-0.2, 0) is 14.3 Å². The lowest BCUT2D eigenvalue weighted by Crippen LogP contribution is -2.24. The summed E-state index contributed by atoms with van der Waals surface area (Å²) in [6.07, 6.45) is -1.82. The average molecular weight is 478 g/mol. The first-order chi connectivity index (χ1) is 16.2.